The van der Waals surface area contributed by atoms with Crippen LogP contribution in [0.2, 0.25) is 5.02 Å². The van der Waals surface area contributed by atoms with E-state index in [1.165, 1.54) is 0 Å². The minimum Gasteiger partial charge on any atom is -0.490 e. The van der Waals surface area contributed by atoms with Gasteiger partial charge in [0.1, 0.15) is 5.75 Å². The minimum absolute atomic E-state index is 0.226. The number of ketones is 1. The molecule has 0 aliphatic heterocycles. The smallest absolute Gasteiger partial charge is 0.163 e. The first-order chi connectivity index (χ1) is 12.7. The summed E-state index contributed by atoms with van der Waals surface area (Å²) in [5.74, 6) is 2.17. The predicted octanol–water partition coefficient (Wildman–Crippen LogP) is 5.97. The van der Waals surface area contributed by atoms with Gasteiger partial charge in [-0.25, -0.2) is 0 Å². The first kappa shape index (κ1) is 18.9. The van der Waals surface area contributed by atoms with E-state index < -0.39 is 0 Å². The highest BCUT2D eigenvalue weighted by molar-refractivity contribution is 6.30. The predicted molar refractivity (Wildman–Crippen MR) is 105 cm³/mol. The van der Waals surface area contributed by atoms with Crippen LogP contribution in [0, 0.1) is 11.8 Å². The van der Waals surface area contributed by atoms with Crippen molar-refractivity contribution >= 4 is 17.4 Å². The molecule has 0 amide bonds. The number of nitrogens with zero attached hydrogens (tertiary/aromatic N) is 1. The van der Waals surface area contributed by atoms with E-state index in [0.717, 1.165) is 43.4 Å². The van der Waals surface area contributed by atoms with Gasteiger partial charge in [-0.3, -0.25) is 9.78 Å². The van der Waals surface area contributed by atoms with E-state index in [1.807, 2.05) is 24.3 Å². The molecule has 1 aromatic carbocycles. The van der Waals surface area contributed by atoms with Gasteiger partial charge in [0.05, 0.1) is 6.10 Å². The van der Waals surface area contributed by atoms with Crippen molar-refractivity contribution in [3.63, 3.8) is 0 Å². The van der Waals surface area contributed by atoms with Gasteiger partial charge in [-0.1, -0.05) is 24.9 Å². The summed E-state index contributed by atoms with van der Waals surface area (Å²) in [5, 5.41) is 0.668. The standard InChI is InChI=1S/C22H26ClNO2/c1-2-16(15-22(25)18-3-7-19(23)8-4-18)17-5-9-20(10-6-17)26-21-11-13-24-14-12-21/h3-4,7-8,11-14,16-17,20H,2,5-6,9-10,15H2,1H3/t16-,17?,20?/m0/s1. The lowest BCUT2D eigenvalue weighted by atomic mass is 9.75. The number of aromatic nitrogens is 1. The first-order valence-electron chi connectivity index (χ1n) is 9.51. The van der Waals surface area contributed by atoms with Gasteiger partial charge in [0.25, 0.3) is 0 Å². The number of benzene rings is 1. The van der Waals surface area contributed by atoms with E-state index in [1.54, 1.807) is 24.5 Å². The molecule has 1 fully saturated rings. The summed E-state index contributed by atoms with van der Waals surface area (Å²) in [6.45, 7) is 2.19. The van der Waals surface area contributed by atoms with Crippen LogP contribution in [0.3, 0.4) is 0 Å². The highest BCUT2D eigenvalue weighted by Crippen LogP contribution is 2.35. The molecule has 1 aromatic heterocycles. The van der Waals surface area contributed by atoms with E-state index in [4.69, 9.17) is 16.3 Å². The fourth-order valence-corrected chi connectivity index (χ4v) is 4.05. The van der Waals surface area contributed by atoms with E-state index in [9.17, 15) is 4.79 Å². The molecule has 0 unspecified atom stereocenters. The molecule has 1 atom stereocenters. The van der Waals surface area contributed by atoms with Gasteiger partial charge >= 0.3 is 0 Å². The zero-order chi connectivity index (χ0) is 18.4. The van der Waals surface area contributed by atoms with Crippen molar-refractivity contribution in [1.82, 2.24) is 4.98 Å². The third-order valence-corrected chi connectivity index (χ3v) is 5.73. The molecule has 26 heavy (non-hydrogen) atoms. The summed E-state index contributed by atoms with van der Waals surface area (Å²) in [5.41, 5.74) is 0.766. The molecule has 0 bridgehead atoms. The van der Waals surface area contributed by atoms with Crippen LogP contribution < -0.4 is 4.74 Å². The Balaban J connectivity index is 1.51. The monoisotopic (exact) mass is 371 g/mol. The van der Waals surface area contributed by atoms with Gasteiger partial charge in [-0.2, -0.15) is 0 Å². The van der Waals surface area contributed by atoms with Crippen molar-refractivity contribution in [1.29, 1.82) is 0 Å². The summed E-state index contributed by atoms with van der Waals surface area (Å²) in [6, 6.07) is 11.1. The average Bonchev–Trinajstić information content (AvgIpc) is 2.68. The van der Waals surface area contributed by atoms with Crippen molar-refractivity contribution in [2.45, 2.75) is 51.6 Å². The van der Waals surface area contributed by atoms with E-state index in [-0.39, 0.29) is 11.9 Å². The van der Waals surface area contributed by atoms with Crippen molar-refractivity contribution in [2.24, 2.45) is 11.8 Å². The Morgan fingerprint density at radius 3 is 2.38 bits per heavy atom. The number of hydrogen-bond donors (Lipinski definition) is 0. The van der Waals surface area contributed by atoms with Crippen molar-refractivity contribution in [2.75, 3.05) is 0 Å². The second-order valence-electron chi connectivity index (χ2n) is 7.14. The molecule has 1 aliphatic carbocycles. The van der Waals surface area contributed by atoms with Gasteiger partial charge in [-0.05, 0) is 73.9 Å². The minimum atomic E-state index is 0.226. The summed E-state index contributed by atoms with van der Waals surface area (Å²) in [7, 11) is 0. The van der Waals surface area contributed by atoms with E-state index in [2.05, 4.69) is 11.9 Å². The largest absolute Gasteiger partial charge is 0.490 e. The lowest BCUT2D eigenvalue weighted by molar-refractivity contribution is 0.0861. The molecule has 0 spiro atoms. The molecule has 3 nitrogen and oxygen atoms in total. The summed E-state index contributed by atoms with van der Waals surface area (Å²) >= 11 is 5.92. The van der Waals surface area contributed by atoms with Crippen LogP contribution in [-0.4, -0.2) is 16.9 Å². The van der Waals surface area contributed by atoms with E-state index in [0.29, 0.717) is 23.3 Å². The Hall–Kier alpha value is -1.87. The van der Waals surface area contributed by atoms with E-state index >= 15 is 0 Å². The first-order valence-corrected chi connectivity index (χ1v) is 9.89. The highest BCUT2D eigenvalue weighted by atomic mass is 35.5. The van der Waals surface area contributed by atoms with Crippen molar-refractivity contribution in [3.8, 4) is 5.75 Å². The highest BCUT2D eigenvalue weighted by Gasteiger charge is 2.29. The fourth-order valence-electron chi connectivity index (χ4n) is 3.92. The Morgan fingerprint density at radius 2 is 1.77 bits per heavy atom. The summed E-state index contributed by atoms with van der Waals surface area (Å²) in [4.78, 5) is 16.6. The van der Waals surface area contributed by atoms with Crippen LogP contribution in [-0.2, 0) is 0 Å². The molecule has 1 saturated carbocycles. The number of ether oxygens (including phenoxy) is 1. The molecule has 4 heteroatoms. The Morgan fingerprint density at radius 1 is 1.12 bits per heavy atom. The van der Waals surface area contributed by atoms with Crippen LogP contribution in [0.25, 0.3) is 0 Å². The van der Waals surface area contributed by atoms with Crippen LogP contribution in [0.1, 0.15) is 55.8 Å². The number of halogens is 1. The molecule has 0 radical (unpaired) electrons. The molecular formula is C22H26ClNO2. The average molecular weight is 372 g/mol. The zero-order valence-electron chi connectivity index (χ0n) is 15.2. The molecular weight excluding hydrogens is 346 g/mol. The number of carbonyl (C=O) groups excluding carboxylic acids is 1. The molecule has 2 aromatic rings. The van der Waals surface area contributed by atoms with Gasteiger partial charge in [-0.15, -0.1) is 0 Å². The van der Waals surface area contributed by atoms with Crippen LogP contribution in [0.4, 0.5) is 0 Å². The normalized spacial score (nSPS) is 21.2. The van der Waals surface area contributed by atoms with Gasteiger partial charge < -0.3 is 4.74 Å². The number of rotatable bonds is 7. The molecule has 3 rings (SSSR count). The number of carbonyl (C=O) groups is 1. The summed E-state index contributed by atoms with van der Waals surface area (Å²) in [6.07, 6.45) is 9.82. The second kappa shape index (κ2) is 9.18. The van der Waals surface area contributed by atoms with Crippen LogP contribution in [0.5, 0.6) is 5.75 Å². The second-order valence-corrected chi connectivity index (χ2v) is 7.58. The lowest BCUT2D eigenvalue weighted by Gasteiger charge is -2.33. The topological polar surface area (TPSA) is 39.2 Å². The van der Waals surface area contributed by atoms with Gasteiger partial charge in [0.2, 0.25) is 0 Å². The number of Topliss-reactive ketones (excluding diaryl/α,β-unsaturated/α-hetero) is 1. The molecule has 0 saturated heterocycles. The SMILES string of the molecule is CC[C@@H](CC(=O)c1ccc(Cl)cc1)C1CCC(Oc2ccncc2)CC1. The maximum Gasteiger partial charge on any atom is 0.163 e. The lowest BCUT2D eigenvalue weighted by Crippen LogP contribution is -2.28. The molecule has 1 aliphatic rings. The molecule has 0 N–H and O–H groups in total. The quantitative estimate of drug-likeness (QED) is 0.562. The van der Waals surface area contributed by atoms with Crippen LogP contribution in [0.15, 0.2) is 48.8 Å². The third kappa shape index (κ3) is 5.07. The fraction of sp³-hybridized carbons (Fsp3) is 0.455. The molecule has 138 valence electrons. The van der Waals surface area contributed by atoms with Crippen LogP contribution >= 0.6 is 11.6 Å². The maximum absolute atomic E-state index is 12.6. The summed E-state index contributed by atoms with van der Waals surface area (Å²) < 4.78 is 6.06. The van der Waals surface area contributed by atoms with Crippen molar-refractivity contribution in [3.05, 3.63) is 59.4 Å². The zero-order valence-corrected chi connectivity index (χ0v) is 16.0. The maximum atomic E-state index is 12.6. The Kier molecular flexibility index (Phi) is 6.67. The van der Waals surface area contributed by atoms with Gasteiger partial charge in [0.15, 0.2) is 5.78 Å². The number of pyridine rings is 1. The van der Waals surface area contributed by atoms with Gasteiger partial charge in [0, 0.05) is 29.4 Å². The number of hydrogen-bond acceptors (Lipinski definition) is 3. The Labute approximate surface area is 160 Å². The molecule has 1 heterocycles. The Bertz CT molecular complexity index is 694. The van der Waals surface area contributed by atoms with Crippen molar-refractivity contribution < 1.29 is 9.53 Å². The third-order valence-electron chi connectivity index (χ3n) is 5.48.